The molecule has 0 unspecified atom stereocenters. The average molecular weight is 1010 g/mol. The number of nitrogens with zero attached hydrogens (tertiary/aromatic N) is 2. The summed E-state index contributed by atoms with van der Waals surface area (Å²) in [6, 6.07) is 105. The molecule has 0 bridgehead atoms. The summed E-state index contributed by atoms with van der Waals surface area (Å²) in [7, 11) is 0. The first-order valence-electron chi connectivity index (χ1n) is 27.3. The molecule has 79 heavy (non-hydrogen) atoms. The third-order valence-electron chi connectivity index (χ3n) is 16.2. The van der Waals surface area contributed by atoms with Gasteiger partial charge >= 0.3 is 0 Å². The lowest BCUT2D eigenvalue weighted by atomic mass is 9.82. The van der Waals surface area contributed by atoms with E-state index in [1.165, 1.54) is 66.9 Å². The van der Waals surface area contributed by atoms with Crippen LogP contribution >= 0.6 is 0 Å². The Morgan fingerprint density at radius 2 is 0.684 bits per heavy atom. The standard InChI is InChI=1S/C76H56N2O/c1-76(2)72-30-13-12-25-68(72)69-48-47-65(50-73(69)76)77(51-52-17-14-24-60(49-52)55-22-10-5-11-23-55)61-39-35-58(36-40-61)66-26-15-28-70-71-29-16-27-67(75(71)79-74(66)70)59-37-45-64(46-38-59)78(62-41-31-56(32-42-62)53-18-6-3-7-19-53)63-43-33-57(34-44-63)54-20-8-4-9-21-54/h3-50H,51H2,1-2H3. The molecule has 0 saturated carbocycles. The van der Waals surface area contributed by atoms with Crippen molar-refractivity contribution in [1.82, 2.24) is 0 Å². The lowest BCUT2D eigenvalue weighted by Gasteiger charge is -2.28. The summed E-state index contributed by atoms with van der Waals surface area (Å²) in [5.74, 6) is 0. The number of anilines is 5. The highest BCUT2D eigenvalue weighted by Gasteiger charge is 2.35. The third kappa shape index (κ3) is 8.76. The molecule has 0 fully saturated rings. The van der Waals surface area contributed by atoms with Crippen LogP contribution in [0.1, 0.15) is 30.5 Å². The van der Waals surface area contributed by atoms with Crippen LogP contribution in [0, 0.1) is 0 Å². The van der Waals surface area contributed by atoms with Gasteiger partial charge in [0.25, 0.3) is 0 Å². The van der Waals surface area contributed by atoms with Gasteiger partial charge in [-0.15, -0.1) is 0 Å². The van der Waals surface area contributed by atoms with Crippen LogP contribution in [0.4, 0.5) is 28.4 Å². The maximum atomic E-state index is 7.08. The fourth-order valence-corrected chi connectivity index (χ4v) is 12.1. The van der Waals surface area contributed by atoms with Gasteiger partial charge in [-0.2, -0.15) is 0 Å². The number of para-hydroxylation sites is 2. The summed E-state index contributed by atoms with van der Waals surface area (Å²) < 4.78 is 7.08. The summed E-state index contributed by atoms with van der Waals surface area (Å²) in [4.78, 5) is 4.80. The van der Waals surface area contributed by atoms with E-state index in [2.05, 4.69) is 315 Å². The van der Waals surface area contributed by atoms with E-state index in [9.17, 15) is 0 Å². The second-order valence-corrected chi connectivity index (χ2v) is 21.3. The Kier molecular flexibility index (Phi) is 11.9. The quantitative estimate of drug-likeness (QED) is 0.122. The van der Waals surface area contributed by atoms with Crippen LogP contribution < -0.4 is 9.80 Å². The number of hydrogen-bond acceptors (Lipinski definition) is 3. The van der Waals surface area contributed by atoms with Crippen molar-refractivity contribution in [3.05, 3.63) is 308 Å². The largest absolute Gasteiger partial charge is 0.455 e. The van der Waals surface area contributed by atoms with E-state index in [-0.39, 0.29) is 5.41 Å². The lowest BCUT2D eigenvalue weighted by molar-refractivity contribution is 0.660. The molecule has 0 radical (unpaired) electrons. The van der Waals surface area contributed by atoms with Gasteiger partial charge in [0.2, 0.25) is 0 Å². The monoisotopic (exact) mass is 1010 g/mol. The van der Waals surface area contributed by atoms with Crippen LogP contribution in [0.15, 0.2) is 296 Å². The van der Waals surface area contributed by atoms with E-state index >= 15 is 0 Å². The third-order valence-corrected chi connectivity index (χ3v) is 16.2. The van der Waals surface area contributed by atoms with Crippen molar-refractivity contribution >= 4 is 50.4 Å². The molecule has 3 heteroatoms. The Bertz CT molecular complexity index is 4230. The second kappa shape index (κ2) is 19.9. The molecule has 1 heterocycles. The van der Waals surface area contributed by atoms with Crippen LogP contribution in [0.5, 0.6) is 0 Å². The molecule has 13 aromatic rings. The molecule has 0 atom stereocenters. The predicted molar refractivity (Wildman–Crippen MR) is 332 cm³/mol. The average Bonchev–Trinajstić information content (AvgIpc) is 4.20. The molecular formula is C76H56N2O. The zero-order chi connectivity index (χ0) is 52.9. The highest BCUT2D eigenvalue weighted by atomic mass is 16.3. The van der Waals surface area contributed by atoms with Crippen LogP contribution in [0.2, 0.25) is 0 Å². The summed E-state index contributed by atoms with van der Waals surface area (Å²) >= 11 is 0. The fraction of sp³-hybridized carbons (Fsp3) is 0.0526. The fourth-order valence-electron chi connectivity index (χ4n) is 12.1. The van der Waals surface area contributed by atoms with Crippen LogP contribution in [-0.4, -0.2) is 0 Å². The first-order valence-corrected chi connectivity index (χ1v) is 27.3. The van der Waals surface area contributed by atoms with Gasteiger partial charge in [-0.25, -0.2) is 0 Å². The summed E-state index contributed by atoms with van der Waals surface area (Å²) in [5.41, 5.74) is 25.3. The van der Waals surface area contributed by atoms with Crippen molar-refractivity contribution in [3.8, 4) is 66.8 Å². The molecular weight excluding hydrogens is 957 g/mol. The smallest absolute Gasteiger partial charge is 0.143 e. The minimum atomic E-state index is -0.117. The first-order chi connectivity index (χ1) is 38.9. The zero-order valence-corrected chi connectivity index (χ0v) is 44.2. The maximum absolute atomic E-state index is 7.08. The van der Waals surface area contributed by atoms with Crippen molar-refractivity contribution in [1.29, 1.82) is 0 Å². The van der Waals surface area contributed by atoms with Crippen molar-refractivity contribution in [2.45, 2.75) is 25.8 Å². The van der Waals surface area contributed by atoms with Gasteiger partial charge in [0, 0.05) is 62.3 Å². The maximum Gasteiger partial charge on any atom is 0.143 e. The molecule has 0 amide bonds. The van der Waals surface area contributed by atoms with Crippen molar-refractivity contribution in [2.24, 2.45) is 0 Å². The first kappa shape index (κ1) is 47.5. The van der Waals surface area contributed by atoms with Crippen LogP contribution in [-0.2, 0) is 12.0 Å². The number of hydrogen-bond donors (Lipinski definition) is 0. The van der Waals surface area contributed by atoms with Crippen LogP contribution in [0.25, 0.3) is 88.7 Å². The van der Waals surface area contributed by atoms with Crippen molar-refractivity contribution < 1.29 is 4.42 Å². The summed E-state index contributed by atoms with van der Waals surface area (Å²) in [6.07, 6.45) is 0. The predicted octanol–water partition coefficient (Wildman–Crippen LogP) is 21.0. The Morgan fingerprint density at radius 3 is 1.22 bits per heavy atom. The number of furan rings is 1. The highest BCUT2D eigenvalue weighted by Crippen LogP contribution is 2.50. The Hall–Kier alpha value is -9.96. The van der Waals surface area contributed by atoms with Gasteiger partial charge in [0.1, 0.15) is 11.2 Å². The van der Waals surface area contributed by atoms with Gasteiger partial charge in [-0.3, -0.25) is 0 Å². The van der Waals surface area contributed by atoms with E-state index in [4.69, 9.17) is 4.42 Å². The van der Waals surface area contributed by atoms with Gasteiger partial charge in [-0.1, -0.05) is 238 Å². The molecule has 0 saturated heterocycles. The molecule has 1 aliphatic carbocycles. The Balaban J connectivity index is 0.801. The Morgan fingerprint density at radius 1 is 0.291 bits per heavy atom. The topological polar surface area (TPSA) is 19.6 Å². The molecule has 376 valence electrons. The summed E-state index contributed by atoms with van der Waals surface area (Å²) in [5, 5.41) is 2.19. The minimum absolute atomic E-state index is 0.117. The van der Waals surface area contributed by atoms with Crippen molar-refractivity contribution in [3.63, 3.8) is 0 Å². The molecule has 1 aromatic heterocycles. The van der Waals surface area contributed by atoms with E-state index in [1.807, 2.05) is 0 Å². The van der Waals surface area contributed by atoms with Gasteiger partial charge < -0.3 is 14.2 Å². The highest BCUT2D eigenvalue weighted by molar-refractivity contribution is 6.13. The SMILES string of the molecule is CC1(C)c2ccccc2-c2ccc(N(Cc3cccc(-c4ccccc4)c3)c3ccc(-c4cccc5c4oc4c(-c6ccc(N(c7ccc(-c8ccccc8)cc7)c7ccc(-c8ccccc8)cc7)cc6)cccc45)cc3)cc21. The van der Waals surface area contributed by atoms with Crippen LogP contribution in [0.3, 0.4) is 0 Å². The molecule has 3 nitrogen and oxygen atoms in total. The minimum Gasteiger partial charge on any atom is -0.455 e. The van der Waals surface area contributed by atoms with E-state index in [0.717, 1.165) is 66.9 Å². The zero-order valence-electron chi connectivity index (χ0n) is 44.2. The molecule has 0 aliphatic heterocycles. The molecule has 0 N–H and O–H groups in total. The van der Waals surface area contributed by atoms with E-state index in [0.29, 0.717) is 6.54 Å². The van der Waals surface area contributed by atoms with Crippen molar-refractivity contribution in [2.75, 3.05) is 9.80 Å². The Labute approximate surface area is 462 Å². The van der Waals surface area contributed by atoms with Gasteiger partial charge in [0.05, 0.1) is 0 Å². The molecule has 14 rings (SSSR count). The van der Waals surface area contributed by atoms with E-state index in [1.54, 1.807) is 0 Å². The number of benzene rings is 12. The molecule has 0 spiro atoms. The second-order valence-electron chi connectivity index (χ2n) is 21.3. The lowest BCUT2D eigenvalue weighted by Crippen LogP contribution is -2.19. The van der Waals surface area contributed by atoms with Gasteiger partial charge in [0.15, 0.2) is 0 Å². The summed E-state index contributed by atoms with van der Waals surface area (Å²) in [6.45, 7) is 5.42. The molecule has 12 aromatic carbocycles. The number of rotatable bonds is 12. The van der Waals surface area contributed by atoms with E-state index < -0.39 is 0 Å². The number of fused-ring (bicyclic) bond motifs is 6. The van der Waals surface area contributed by atoms with Gasteiger partial charge in [-0.05, 0) is 139 Å². The normalized spacial score (nSPS) is 12.3. The molecule has 1 aliphatic rings.